The van der Waals surface area contributed by atoms with Gasteiger partial charge in [0.25, 0.3) is 5.91 Å². The first-order valence-corrected chi connectivity index (χ1v) is 10.0. The van der Waals surface area contributed by atoms with E-state index in [1.807, 2.05) is 42.5 Å². The largest absolute Gasteiger partial charge is 0.438 e. The van der Waals surface area contributed by atoms with Crippen LogP contribution < -0.4 is 15.1 Å². The SMILES string of the molecule is O=C(Nc1ccnc(Oc2ccccc2Br)c1)C1=NN(c2ccccc2)C(=O)CC1. The third-order valence-electron chi connectivity index (χ3n) is 4.34. The van der Waals surface area contributed by atoms with Crippen LogP contribution in [-0.4, -0.2) is 22.5 Å². The molecule has 0 spiro atoms. The van der Waals surface area contributed by atoms with Gasteiger partial charge in [-0.2, -0.15) is 5.10 Å². The molecular weight excluding hydrogens is 448 g/mol. The number of nitrogens with one attached hydrogen (secondary N) is 1. The number of para-hydroxylation sites is 2. The zero-order valence-electron chi connectivity index (χ0n) is 15.8. The summed E-state index contributed by atoms with van der Waals surface area (Å²) in [5.41, 5.74) is 1.42. The van der Waals surface area contributed by atoms with Crippen molar-refractivity contribution < 1.29 is 14.3 Å². The van der Waals surface area contributed by atoms with Gasteiger partial charge in [0, 0.05) is 30.8 Å². The topological polar surface area (TPSA) is 83.9 Å². The Morgan fingerprint density at radius 1 is 1.03 bits per heavy atom. The Hall–Kier alpha value is -3.52. The number of halogens is 1. The summed E-state index contributed by atoms with van der Waals surface area (Å²) in [6, 6.07) is 19.7. The van der Waals surface area contributed by atoms with Crippen molar-refractivity contribution >= 4 is 44.8 Å². The summed E-state index contributed by atoms with van der Waals surface area (Å²) in [4.78, 5) is 29.1. The van der Waals surface area contributed by atoms with Crippen LogP contribution in [0.5, 0.6) is 11.6 Å². The fourth-order valence-electron chi connectivity index (χ4n) is 2.87. The van der Waals surface area contributed by atoms with Crippen LogP contribution in [0.1, 0.15) is 12.8 Å². The Balaban J connectivity index is 1.50. The molecule has 1 aliphatic heterocycles. The Morgan fingerprint density at radius 3 is 2.60 bits per heavy atom. The molecule has 150 valence electrons. The van der Waals surface area contributed by atoms with Crippen LogP contribution in [-0.2, 0) is 9.59 Å². The van der Waals surface area contributed by atoms with E-state index in [1.54, 1.807) is 30.5 Å². The Kier molecular flexibility index (Phi) is 5.85. The van der Waals surface area contributed by atoms with Gasteiger partial charge in [-0.25, -0.2) is 9.99 Å². The lowest BCUT2D eigenvalue weighted by molar-refractivity contribution is -0.118. The first-order chi connectivity index (χ1) is 14.6. The molecular formula is C22H17BrN4O3. The van der Waals surface area contributed by atoms with Gasteiger partial charge < -0.3 is 10.1 Å². The van der Waals surface area contributed by atoms with Crippen molar-refractivity contribution in [3.63, 3.8) is 0 Å². The number of carbonyl (C=O) groups is 2. The van der Waals surface area contributed by atoms with Gasteiger partial charge in [-0.15, -0.1) is 0 Å². The summed E-state index contributed by atoms with van der Waals surface area (Å²) < 4.78 is 6.57. The van der Waals surface area contributed by atoms with Gasteiger partial charge in [0.2, 0.25) is 11.8 Å². The second-order valence-electron chi connectivity index (χ2n) is 6.46. The molecule has 1 N–H and O–H groups in total. The molecule has 0 saturated heterocycles. The van der Waals surface area contributed by atoms with E-state index in [0.29, 0.717) is 23.0 Å². The minimum atomic E-state index is -0.374. The molecule has 3 aromatic rings. The van der Waals surface area contributed by atoms with Crippen molar-refractivity contribution in [2.24, 2.45) is 5.10 Å². The van der Waals surface area contributed by atoms with Crippen LogP contribution >= 0.6 is 15.9 Å². The first kappa shape index (κ1) is 19.8. The molecule has 0 atom stereocenters. The summed E-state index contributed by atoms with van der Waals surface area (Å²) in [5, 5.41) is 8.34. The number of benzene rings is 2. The van der Waals surface area contributed by atoms with Crippen molar-refractivity contribution in [1.82, 2.24) is 4.98 Å². The molecule has 8 heteroatoms. The minimum Gasteiger partial charge on any atom is -0.438 e. The Labute approximate surface area is 181 Å². The smallest absolute Gasteiger partial charge is 0.271 e. The van der Waals surface area contributed by atoms with Gasteiger partial charge in [0.05, 0.1) is 10.2 Å². The third-order valence-corrected chi connectivity index (χ3v) is 4.99. The van der Waals surface area contributed by atoms with Gasteiger partial charge in [-0.05, 0) is 46.3 Å². The van der Waals surface area contributed by atoms with Crippen molar-refractivity contribution in [2.75, 3.05) is 10.3 Å². The highest BCUT2D eigenvalue weighted by molar-refractivity contribution is 9.10. The van der Waals surface area contributed by atoms with E-state index in [1.165, 1.54) is 5.01 Å². The van der Waals surface area contributed by atoms with Crippen LogP contribution in [0.15, 0.2) is 82.5 Å². The van der Waals surface area contributed by atoms with Crippen LogP contribution in [0.4, 0.5) is 11.4 Å². The molecule has 30 heavy (non-hydrogen) atoms. The molecule has 0 fully saturated rings. The second-order valence-corrected chi connectivity index (χ2v) is 7.31. The number of pyridine rings is 1. The van der Waals surface area contributed by atoms with Crippen molar-refractivity contribution in [2.45, 2.75) is 12.8 Å². The molecule has 4 rings (SSSR count). The van der Waals surface area contributed by atoms with E-state index in [-0.39, 0.29) is 30.4 Å². The zero-order valence-corrected chi connectivity index (χ0v) is 17.4. The highest BCUT2D eigenvalue weighted by Gasteiger charge is 2.25. The average Bonchev–Trinajstić information content (AvgIpc) is 2.76. The summed E-state index contributed by atoms with van der Waals surface area (Å²) in [6.45, 7) is 0. The first-order valence-electron chi connectivity index (χ1n) is 9.25. The predicted molar refractivity (Wildman–Crippen MR) is 118 cm³/mol. The molecule has 0 radical (unpaired) electrons. The highest BCUT2D eigenvalue weighted by atomic mass is 79.9. The average molecular weight is 465 g/mol. The Bertz CT molecular complexity index is 1120. The molecule has 2 heterocycles. The summed E-state index contributed by atoms with van der Waals surface area (Å²) in [6.07, 6.45) is 2.04. The van der Waals surface area contributed by atoms with Gasteiger partial charge >= 0.3 is 0 Å². The molecule has 0 saturated carbocycles. The maximum absolute atomic E-state index is 12.7. The van der Waals surface area contributed by atoms with Crippen molar-refractivity contribution in [1.29, 1.82) is 0 Å². The van der Waals surface area contributed by atoms with Gasteiger partial charge in [-0.1, -0.05) is 30.3 Å². The van der Waals surface area contributed by atoms with E-state index < -0.39 is 0 Å². The lowest BCUT2D eigenvalue weighted by Crippen LogP contribution is -2.36. The lowest BCUT2D eigenvalue weighted by atomic mass is 10.1. The van der Waals surface area contributed by atoms with Gasteiger partial charge in [-0.3, -0.25) is 9.59 Å². The summed E-state index contributed by atoms with van der Waals surface area (Å²) >= 11 is 3.42. The van der Waals surface area contributed by atoms with Crippen LogP contribution in [0.3, 0.4) is 0 Å². The number of anilines is 2. The number of ether oxygens (including phenoxy) is 1. The van der Waals surface area contributed by atoms with Gasteiger partial charge in [0.1, 0.15) is 11.5 Å². The van der Waals surface area contributed by atoms with Crippen molar-refractivity contribution in [3.8, 4) is 11.6 Å². The fourth-order valence-corrected chi connectivity index (χ4v) is 3.24. The maximum Gasteiger partial charge on any atom is 0.271 e. The molecule has 0 aliphatic carbocycles. The minimum absolute atomic E-state index is 0.147. The summed E-state index contributed by atoms with van der Waals surface area (Å²) in [5.74, 6) is 0.431. The lowest BCUT2D eigenvalue weighted by Gasteiger charge is -2.23. The molecule has 1 aromatic heterocycles. The third kappa shape index (κ3) is 4.55. The molecule has 2 aromatic carbocycles. The number of hydrazone groups is 1. The zero-order chi connectivity index (χ0) is 20.9. The van der Waals surface area contributed by atoms with E-state index in [0.717, 1.165) is 4.47 Å². The number of carbonyl (C=O) groups excluding carboxylic acids is 2. The number of rotatable bonds is 5. The van der Waals surface area contributed by atoms with E-state index in [9.17, 15) is 9.59 Å². The van der Waals surface area contributed by atoms with Crippen LogP contribution in [0, 0.1) is 0 Å². The summed E-state index contributed by atoms with van der Waals surface area (Å²) in [7, 11) is 0. The Morgan fingerprint density at radius 2 is 1.80 bits per heavy atom. The van der Waals surface area contributed by atoms with Crippen molar-refractivity contribution in [3.05, 3.63) is 77.4 Å². The molecule has 0 unspecified atom stereocenters. The molecule has 7 nitrogen and oxygen atoms in total. The normalized spacial score (nSPS) is 13.6. The second kappa shape index (κ2) is 8.87. The van der Waals surface area contributed by atoms with E-state index >= 15 is 0 Å². The number of amides is 2. The standard InChI is InChI=1S/C22H17BrN4O3/c23-17-8-4-5-9-19(17)30-20-14-15(12-13-24-20)25-22(29)18-10-11-21(28)27(26-18)16-6-2-1-3-7-16/h1-9,12-14H,10-11H2,(H,24,25,29). The number of hydrogen-bond acceptors (Lipinski definition) is 5. The van der Waals surface area contributed by atoms with Crippen LogP contribution in [0.2, 0.25) is 0 Å². The monoisotopic (exact) mass is 464 g/mol. The fraction of sp³-hybridized carbons (Fsp3) is 0.0909. The van der Waals surface area contributed by atoms with E-state index in [2.05, 4.69) is 31.3 Å². The van der Waals surface area contributed by atoms with Crippen LogP contribution in [0.25, 0.3) is 0 Å². The number of aromatic nitrogens is 1. The number of nitrogens with zero attached hydrogens (tertiary/aromatic N) is 3. The quantitative estimate of drug-likeness (QED) is 0.589. The maximum atomic E-state index is 12.7. The van der Waals surface area contributed by atoms with E-state index in [4.69, 9.17) is 4.74 Å². The number of hydrogen-bond donors (Lipinski definition) is 1. The molecule has 1 aliphatic rings. The highest BCUT2D eigenvalue weighted by Crippen LogP contribution is 2.29. The molecule has 2 amide bonds. The molecule has 0 bridgehead atoms. The van der Waals surface area contributed by atoms with Gasteiger partial charge in [0.15, 0.2) is 0 Å². The predicted octanol–water partition coefficient (Wildman–Crippen LogP) is 4.76.